The maximum Gasteiger partial charge on any atom is 0.259 e. The quantitative estimate of drug-likeness (QED) is 0.894. The Morgan fingerprint density at radius 3 is 2.84 bits per heavy atom. The van der Waals surface area contributed by atoms with Gasteiger partial charge < -0.3 is 10.6 Å². The number of pyridine rings is 1. The molecule has 0 radical (unpaired) electrons. The molecule has 2 rings (SSSR count). The van der Waals surface area contributed by atoms with E-state index in [0.29, 0.717) is 22.1 Å². The van der Waals surface area contributed by atoms with Crippen LogP contribution in [0.3, 0.4) is 0 Å². The van der Waals surface area contributed by atoms with Gasteiger partial charge in [-0.15, -0.1) is 0 Å². The van der Waals surface area contributed by atoms with Crippen LogP contribution in [0.25, 0.3) is 0 Å². The number of carbonyl (C=O) groups is 1. The Morgan fingerprint density at radius 1 is 1.37 bits per heavy atom. The molecule has 1 aromatic heterocycles. The van der Waals surface area contributed by atoms with E-state index in [9.17, 15) is 4.79 Å². The molecule has 0 atom stereocenters. The van der Waals surface area contributed by atoms with E-state index in [0.717, 1.165) is 4.47 Å². The van der Waals surface area contributed by atoms with E-state index in [1.54, 1.807) is 43.6 Å². The molecule has 6 heteroatoms. The first-order valence-electron chi connectivity index (χ1n) is 5.51. The molecule has 0 fully saturated rings. The fourth-order valence-corrected chi connectivity index (χ4v) is 1.99. The van der Waals surface area contributed by atoms with Gasteiger partial charge in [0.2, 0.25) is 0 Å². The van der Waals surface area contributed by atoms with Gasteiger partial charge in [0.1, 0.15) is 5.82 Å². The molecule has 0 aliphatic rings. The Labute approximate surface area is 124 Å². The van der Waals surface area contributed by atoms with E-state index < -0.39 is 0 Å². The molecule has 98 valence electrons. The Hall–Kier alpha value is -1.59. The van der Waals surface area contributed by atoms with Crippen LogP contribution in [0.5, 0.6) is 0 Å². The molecule has 0 saturated heterocycles. The van der Waals surface area contributed by atoms with Crippen LogP contribution in [0.15, 0.2) is 41.0 Å². The Bertz CT molecular complexity index is 619. The topological polar surface area (TPSA) is 54.0 Å². The number of nitrogens with one attached hydrogen (secondary N) is 2. The zero-order valence-corrected chi connectivity index (χ0v) is 12.4. The van der Waals surface area contributed by atoms with Gasteiger partial charge in [0.25, 0.3) is 5.91 Å². The number of nitrogens with zero attached hydrogens (tertiary/aromatic N) is 1. The third-order valence-electron chi connectivity index (χ3n) is 2.47. The monoisotopic (exact) mass is 339 g/mol. The van der Waals surface area contributed by atoms with Crippen molar-refractivity contribution in [2.45, 2.75) is 0 Å². The first-order valence-corrected chi connectivity index (χ1v) is 6.68. The number of hydrogen-bond acceptors (Lipinski definition) is 3. The van der Waals surface area contributed by atoms with Crippen LogP contribution >= 0.6 is 27.5 Å². The molecule has 19 heavy (non-hydrogen) atoms. The van der Waals surface area contributed by atoms with Crippen LogP contribution in [0.2, 0.25) is 5.02 Å². The zero-order valence-electron chi connectivity index (χ0n) is 10.1. The van der Waals surface area contributed by atoms with E-state index >= 15 is 0 Å². The van der Waals surface area contributed by atoms with Gasteiger partial charge in [0.15, 0.2) is 0 Å². The second-order valence-electron chi connectivity index (χ2n) is 3.73. The minimum atomic E-state index is -0.240. The fraction of sp³-hybridized carbons (Fsp3) is 0.0769. The highest BCUT2D eigenvalue weighted by molar-refractivity contribution is 9.10. The lowest BCUT2D eigenvalue weighted by molar-refractivity contribution is 0.102. The molecule has 0 saturated carbocycles. The summed E-state index contributed by atoms with van der Waals surface area (Å²) >= 11 is 9.28. The van der Waals surface area contributed by atoms with Crippen molar-refractivity contribution in [1.82, 2.24) is 4.98 Å². The second kappa shape index (κ2) is 6.04. The number of carbonyl (C=O) groups excluding carboxylic acids is 1. The highest BCUT2D eigenvalue weighted by Gasteiger charge is 2.11. The summed E-state index contributed by atoms with van der Waals surface area (Å²) in [7, 11) is 1.72. The zero-order chi connectivity index (χ0) is 13.8. The van der Waals surface area contributed by atoms with Crippen LogP contribution in [0.4, 0.5) is 11.5 Å². The number of halogens is 2. The van der Waals surface area contributed by atoms with Gasteiger partial charge in [0, 0.05) is 23.4 Å². The normalized spacial score (nSPS) is 10.1. The van der Waals surface area contributed by atoms with E-state index in [2.05, 4.69) is 31.5 Å². The molecular weight excluding hydrogens is 330 g/mol. The van der Waals surface area contributed by atoms with Crippen molar-refractivity contribution < 1.29 is 4.79 Å². The number of aromatic nitrogens is 1. The van der Waals surface area contributed by atoms with Crippen molar-refractivity contribution in [3.05, 3.63) is 51.6 Å². The van der Waals surface area contributed by atoms with Gasteiger partial charge >= 0.3 is 0 Å². The summed E-state index contributed by atoms with van der Waals surface area (Å²) in [6, 6.07) is 8.64. The summed E-state index contributed by atoms with van der Waals surface area (Å²) in [5.74, 6) is 0.291. The SMILES string of the molecule is CNc1ncccc1C(=O)Nc1ccc(Br)c(Cl)c1. The van der Waals surface area contributed by atoms with E-state index in [1.807, 2.05) is 0 Å². The van der Waals surface area contributed by atoms with Crippen molar-refractivity contribution in [3.63, 3.8) is 0 Å². The lowest BCUT2D eigenvalue weighted by Crippen LogP contribution is -2.14. The molecule has 1 amide bonds. The predicted molar refractivity (Wildman–Crippen MR) is 80.9 cm³/mol. The molecule has 1 aromatic carbocycles. The van der Waals surface area contributed by atoms with E-state index in [4.69, 9.17) is 11.6 Å². The summed E-state index contributed by atoms with van der Waals surface area (Å²) in [5, 5.41) is 6.19. The predicted octanol–water partition coefficient (Wildman–Crippen LogP) is 3.79. The smallest absolute Gasteiger partial charge is 0.259 e. The number of amides is 1. The molecule has 0 aliphatic heterocycles. The van der Waals surface area contributed by atoms with Crippen LogP contribution in [0, 0.1) is 0 Å². The van der Waals surface area contributed by atoms with E-state index in [1.165, 1.54) is 0 Å². The number of anilines is 2. The van der Waals surface area contributed by atoms with Crippen molar-refractivity contribution in [3.8, 4) is 0 Å². The molecule has 1 heterocycles. The number of rotatable bonds is 3. The summed E-state index contributed by atoms with van der Waals surface area (Å²) < 4.78 is 0.782. The third-order valence-corrected chi connectivity index (χ3v) is 3.70. The van der Waals surface area contributed by atoms with Crippen LogP contribution in [-0.2, 0) is 0 Å². The molecule has 0 spiro atoms. The van der Waals surface area contributed by atoms with E-state index in [-0.39, 0.29) is 5.91 Å². The van der Waals surface area contributed by atoms with Gasteiger partial charge in [-0.25, -0.2) is 4.98 Å². The summed E-state index contributed by atoms with van der Waals surface area (Å²) in [5.41, 5.74) is 1.10. The van der Waals surface area contributed by atoms with Crippen molar-refractivity contribution in [2.75, 3.05) is 17.7 Å². The Kier molecular flexibility index (Phi) is 4.39. The van der Waals surface area contributed by atoms with Crippen LogP contribution in [-0.4, -0.2) is 17.9 Å². The maximum atomic E-state index is 12.1. The summed E-state index contributed by atoms with van der Waals surface area (Å²) in [4.78, 5) is 16.2. The molecule has 0 bridgehead atoms. The molecule has 4 nitrogen and oxygen atoms in total. The number of hydrogen-bond donors (Lipinski definition) is 2. The maximum absolute atomic E-state index is 12.1. The lowest BCUT2D eigenvalue weighted by atomic mass is 10.2. The minimum absolute atomic E-state index is 0.240. The Balaban J connectivity index is 2.23. The average molecular weight is 341 g/mol. The number of benzene rings is 1. The molecular formula is C13H11BrClN3O. The van der Waals surface area contributed by atoms with Crippen molar-refractivity contribution in [2.24, 2.45) is 0 Å². The first kappa shape index (κ1) is 13.8. The van der Waals surface area contributed by atoms with Gasteiger partial charge in [0.05, 0.1) is 10.6 Å². The molecule has 0 aliphatic carbocycles. The summed E-state index contributed by atoms with van der Waals surface area (Å²) in [6.45, 7) is 0. The molecule has 0 unspecified atom stereocenters. The standard InChI is InChI=1S/C13H11BrClN3O/c1-16-12-9(3-2-6-17-12)13(19)18-8-4-5-10(14)11(15)7-8/h2-7H,1H3,(H,16,17)(H,18,19). The van der Waals surface area contributed by atoms with Gasteiger partial charge in [-0.3, -0.25) is 4.79 Å². The average Bonchev–Trinajstić information content (AvgIpc) is 2.43. The van der Waals surface area contributed by atoms with Crippen LogP contribution in [0.1, 0.15) is 10.4 Å². The largest absolute Gasteiger partial charge is 0.372 e. The van der Waals surface area contributed by atoms with Gasteiger partial charge in [-0.05, 0) is 46.3 Å². The molecule has 2 N–H and O–H groups in total. The minimum Gasteiger partial charge on any atom is -0.372 e. The Morgan fingerprint density at radius 2 is 2.16 bits per heavy atom. The van der Waals surface area contributed by atoms with Crippen molar-refractivity contribution in [1.29, 1.82) is 0 Å². The van der Waals surface area contributed by atoms with Crippen LogP contribution < -0.4 is 10.6 Å². The molecule has 2 aromatic rings. The van der Waals surface area contributed by atoms with Crippen molar-refractivity contribution >= 4 is 44.9 Å². The highest BCUT2D eigenvalue weighted by atomic mass is 79.9. The third kappa shape index (κ3) is 3.24. The summed E-state index contributed by atoms with van der Waals surface area (Å²) in [6.07, 6.45) is 1.62. The lowest BCUT2D eigenvalue weighted by Gasteiger charge is -2.09. The first-order chi connectivity index (χ1) is 9.11. The van der Waals surface area contributed by atoms with Gasteiger partial charge in [-0.1, -0.05) is 11.6 Å². The highest BCUT2D eigenvalue weighted by Crippen LogP contribution is 2.26. The van der Waals surface area contributed by atoms with Gasteiger partial charge in [-0.2, -0.15) is 0 Å². The fourth-order valence-electron chi connectivity index (χ4n) is 1.56. The second-order valence-corrected chi connectivity index (χ2v) is 4.99.